The number of halogens is 2. The van der Waals surface area contributed by atoms with Crippen LogP contribution in [0.1, 0.15) is 41.9 Å². The van der Waals surface area contributed by atoms with E-state index in [0.717, 1.165) is 41.8 Å². The zero-order chi connectivity index (χ0) is 26.4. The summed E-state index contributed by atoms with van der Waals surface area (Å²) < 4.78 is 27.3. The lowest BCUT2D eigenvalue weighted by Gasteiger charge is -2.18. The van der Waals surface area contributed by atoms with E-state index >= 15 is 0 Å². The first kappa shape index (κ1) is 30.0. The highest BCUT2D eigenvalue weighted by Gasteiger charge is 2.24. The molecule has 1 unspecified atom stereocenters. The SMILES string of the molecule is C/C=C(\C)Nc1nc(N)c(C(=O)c2c(F)cccc2F)s1.C=NCC=O.CNCC1CCCN1C. The number of nitrogens with one attached hydrogen (secondary N) is 2. The largest absolute Gasteiger partial charge is 0.382 e. The van der Waals surface area contributed by atoms with E-state index in [1.165, 1.54) is 25.5 Å². The van der Waals surface area contributed by atoms with Gasteiger partial charge in [-0.1, -0.05) is 23.5 Å². The molecule has 0 spiro atoms. The second-order valence-electron chi connectivity index (χ2n) is 7.66. The number of aldehydes is 1. The van der Waals surface area contributed by atoms with Crippen LogP contribution in [0.15, 0.2) is 35.0 Å². The van der Waals surface area contributed by atoms with Gasteiger partial charge in [-0.3, -0.25) is 9.79 Å². The topological polar surface area (TPSA) is 113 Å². The van der Waals surface area contributed by atoms with Crippen molar-refractivity contribution >= 4 is 41.1 Å². The number of nitrogens with zero attached hydrogens (tertiary/aromatic N) is 3. The Kier molecular flexibility index (Phi) is 13.5. The number of rotatable bonds is 8. The summed E-state index contributed by atoms with van der Waals surface area (Å²) >= 11 is 0.953. The van der Waals surface area contributed by atoms with Crippen molar-refractivity contribution < 1.29 is 18.4 Å². The Morgan fingerprint density at radius 1 is 1.40 bits per heavy atom. The van der Waals surface area contributed by atoms with Crippen molar-refractivity contribution in [3.63, 3.8) is 0 Å². The van der Waals surface area contributed by atoms with Crippen LogP contribution >= 0.6 is 11.3 Å². The minimum atomic E-state index is -0.924. The number of carbonyl (C=O) groups excluding carboxylic acids is 2. The van der Waals surface area contributed by atoms with Crippen LogP contribution in [0.2, 0.25) is 0 Å². The lowest BCUT2D eigenvalue weighted by molar-refractivity contribution is -0.106. The Balaban J connectivity index is 0.000000359. The molecule has 35 heavy (non-hydrogen) atoms. The average Bonchev–Trinajstić information content (AvgIpc) is 3.39. The third-order valence-electron chi connectivity index (χ3n) is 5.10. The summed E-state index contributed by atoms with van der Waals surface area (Å²) in [5, 5.41) is 6.53. The number of benzene rings is 1. The van der Waals surface area contributed by atoms with Gasteiger partial charge in [0, 0.05) is 18.3 Å². The molecule has 1 aliphatic heterocycles. The molecule has 0 bridgehead atoms. The first-order valence-electron chi connectivity index (χ1n) is 11.1. The summed E-state index contributed by atoms with van der Waals surface area (Å²) in [4.78, 5) is 31.2. The van der Waals surface area contributed by atoms with Gasteiger partial charge in [0.15, 0.2) is 5.13 Å². The molecule has 1 saturated heterocycles. The van der Waals surface area contributed by atoms with Gasteiger partial charge in [0.05, 0.1) is 12.1 Å². The Labute approximate surface area is 209 Å². The highest BCUT2D eigenvalue weighted by atomic mass is 32.1. The van der Waals surface area contributed by atoms with Gasteiger partial charge in [-0.2, -0.15) is 0 Å². The minimum absolute atomic E-state index is 0.00500. The number of allylic oxidation sites excluding steroid dienone is 2. The molecule has 2 heterocycles. The second kappa shape index (κ2) is 15.8. The maximum Gasteiger partial charge on any atom is 0.212 e. The number of likely N-dealkylation sites (N-methyl/N-ethyl adjacent to an activating group) is 2. The molecule has 0 radical (unpaired) electrons. The fraction of sp³-hybridized carbons (Fsp3) is 0.417. The van der Waals surface area contributed by atoms with Gasteiger partial charge in [0.1, 0.15) is 28.6 Å². The van der Waals surface area contributed by atoms with Crippen molar-refractivity contribution in [3.8, 4) is 0 Å². The van der Waals surface area contributed by atoms with E-state index in [1.807, 2.05) is 27.0 Å². The first-order valence-corrected chi connectivity index (χ1v) is 11.9. The molecule has 1 aliphatic rings. The van der Waals surface area contributed by atoms with Gasteiger partial charge < -0.3 is 26.1 Å². The summed E-state index contributed by atoms with van der Waals surface area (Å²) in [7, 11) is 4.22. The smallest absolute Gasteiger partial charge is 0.212 e. The molecule has 11 heteroatoms. The summed E-state index contributed by atoms with van der Waals surface area (Å²) in [6.45, 7) is 9.37. The molecule has 1 fully saturated rings. The van der Waals surface area contributed by atoms with E-state index in [-0.39, 0.29) is 17.2 Å². The number of likely N-dealkylation sites (tertiary alicyclic amines) is 1. The van der Waals surface area contributed by atoms with E-state index in [4.69, 9.17) is 5.73 Å². The molecule has 8 nitrogen and oxygen atoms in total. The molecule has 1 atom stereocenters. The number of aromatic nitrogens is 1. The van der Waals surface area contributed by atoms with Gasteiger partial charge in [0.2, 0.25) is 5.78 Å². The third kappa shape index (κ3) is 9.63. The summed E-state index contributed by atoms with van der Waals surface area (Å²) in [5.74, 6) is -2.72. The highest BCUT2D eigenvalue weighted by molar-refractivity contribution is 7.18. The third-order valence-corrected chi connectivity index (χ3v) is 6.09. The number of carbonyl (C=O) groups is 2. The quantitative estimate of drug-likeness (QED) is 0.283. The number of hydrogen-bond donors (Lipinski definition) is 3. The monoisotopic (exact) mass is 508 g/mol. The molecule has 3 rings (SSSR count). The van der Waals surface area contributed by atoms with Crippen LogP contribution < -0.4 is 16.4 Å². The average molecular weight is 509 g/mol. The van der Waals surface area contributed by atoms with Gasteiger partial charge >= 0.3 is 0 Å². The Bertz CT molecular complexity index is 986. The van der Waals surface area contributed by atoms with E-state index in [2.05, 4.69) is 39.3 Å². The predicted molar refractivity (Wildman–Crippen MR) is 139 cm³/mol. The Morgan fingerprint density at radius 2 is 2.06 bits per heavy atom. The molecule has 0 saturated carbocycles. The maximum absolute atomic E-state index is 13.6. The van der Waals surface area contributed by atoms with Gasteiger partial charge in [-0.05, 0) is 66.2 Å². The normalized spacial score (nSPS) is 15.4. The van der Waals surface area contributed by atoms with Crippen LogP contribution in [0.4, 0.5) is 19.7 Å². The van der Waals surface area contributed by atoms with E-state index in [1.54, 1.807) is 0 Å². The van der Waals surface area contributed by atoms with E-state index < -0.39 is 23.0 Å². The molecular weight excluding hydrogens is 474 g/mol. The standard InChI is InChI=1S/C14H13F2N3OS.C7H16N2.C3H5NO/c1-3-7(2)18-14-19-13(17)12(21-14)11(20)10-8(15)5-4-6-9(10)16;1-8-6-7-4-3-5-9(7)2;1-4-2-3-5/h3-6H,17H2,1-2H3,(H,18,19);7-8H,3-6H2,1-2H3;3H,1-2H2/b7-3+;;. The molecule has 0 aliphatic carbocycles. The second-order valence-corrected chi connectivity index (χ2v) is 8.66. The molecule has 2 aromatic rings. The summed E-state index contributed by atoms with van der Waals surface area (Å²) in [6, 6.07) is 4.04. The fourth-order valence-electron chi connectivity index (χ4n) is 3.14. The van der Waals surface area contributed by atoms with Crippen LogP contribution in [-0.2, 0) is 4.79 Å². The Morgan fingerprint density at radius 3 is 2.51 bits per heavy atom. The van der Waals surface area contributed by atoms with Crippen molar-refractivity contribution in [2.75, 3.05) is 44.8 Å². The van der Waals surface area contributed by atoms with Gasteiger partial charge in [-0.15, -0.1) is 0 Å². The number of thiazole rings is 1. The molecule has 4 N–H and O–H groups in total. The van der Waals surface area contributed by atoms with Gasteiger partial charge in [-0.25, -0.2) is 13.8 Å². The number of hydrogen-bond acceptors (Lipinski definition) is 9. The number of anilines is 2. The number of nitrogen functional groups attached to an aromatic ring is 1. The zero-order valence-electron chi connectivity index (χ0n) is 20.6. The van der Waals surface area contributed by atoms with Crippen LogP contribution in [0.3, 0.4) is 0 Å². The van der Waals surface area contributed by atoms with E-state index in [9.17, 15) is 18.4 Å². The van der Waals surface area contributed by atoms with Gasteiger partial charge in [0.25, 0.3) is 0 Å². The Hall–Kier alpha value is -3.02. The number of ketones is 1. The molecule has 0 amide bonds. The van der Waals surface area contributed by atoms with Crippen LogP contribution in [0.5, 0.6) is 0 Å². The fourth-order valence-corrected chi connectivity index (χ4v) is 4.04. The number of aliphatic imine (C=N–C) groups is 1. The molecule has 1 aromatic heterocycles. The molecule has 192 valence electrons. The van der Waals surface area contributed by atoms with Crippen LogP contribution in [-0.4, -0.2) is 68.4 Å². The lowest BCUT2D eigenvalue weighted by Crippen LogP contribution is -2.33. The van der Waals surface area contributed by atoms with Crippen molar-refractivity contribution in [3.05, 3.63) is 52.0 Å². The predicted octanol–water partition coefficient (Wildman–Crippen LogP) is 3.76. The van der Waals surface area contributed by atoms with E-state index in [0.29, 0.717) is 11.4 Å². The first-order chi connectivity index (χ1) is 16.7. The molecular formula is C24H34F2N6O2S. The van der Waals surface area contributed by atoms with Crippen LogP contribution in [0.25, 0.3) is 0 Å². The zero-order valence-corrected chi connectivity index (χ0v) is 21.4. The maximum atomic E-state index is 13.6. The minimum Gasteiger partial charge on any atom is -0.382 e. The lowest BCUT2D eigenvalue weighted by atomic mass is 10.1. The van der Waals surface area contributed by atoms with Crippen molar-refractivity contribution in [2.45, 2.75) is 32.7 Å². The van der Waals surface area contributed by atoms with Crippen molar-refractivity contribution in [1.29, 1.82) is 0 Å². The van der Waals surface area contributed by atoms with Crippen LogP contribution in [0, 0.1) is 11.6 Å². The van der Waals surface area contributed by atoms with Crippen molar-refractivity contribution in [2.24, 2.45) is 4.99 Å². The summed E-state index contributed by atoms with van der Waals surface area (Å²) in [5.41, 5.74) is 5.87. The number of nitrogens with two attached hydrogens (primary N) is 1. The highest BCUT2D eigenvalue weighted by Crippen LogP contribution is 2.29. The van der Waals surface area contributed by atoms with Crippen molar-refractivity contribution in [1.82, 2.24) is 15.2 Å². The summed E-state index contributed by atoms with van der Waals surface area (Å²) in [6.07, 6.45) is 5.27. The molecule has 1 aromatic carbocycles.